The van der Waals surface area contributed by atoms with Gasteiger partial charge in [0.15, 0.2) is 0 Å². The van der Waals surface area contributed by atoms with E-state index in [0.717, 1.165) is 38.5 Å². The Morgan fingerprint density at radius 2 is 2.00 bits per heavy atom. The number of anilines is 1. The highest BCUT2D eigenvalue weighted by Gasteiger charge is 2.20. The van der Waals surface area contributed by atoms with Crippen molar-refractivity contribution in [3.05, 3.63) is 17.0 Å². The van der Waals surface area contributed by atoms with Crippen LogP contribution in [0.3, 0.4) is 0 Å². The first-order valence-electron chi connectivity index (χ1n) is 5.83. The fraction of sp³-hybridized carbons (Fsp3) is 0.636. The van der Waals surface area contributed by atoms with Gasteiger partial charge in [0.05, 0.1) is 12.2 Å². The second-order valence-electron chi connectivity index (χ2n) is 4.05. The number of aliphatic hydroxyl groups is 1. The summed E-state index contributed by atoms with van der Waals surface area (Å²) in [6, 6.07) is 0. The average Bonchev–Trinajstić information content (AvgIpc) is 2.38. The summed E-state index contributed by atoms with van der Waals surface area (Å²) in [5.41, 5.74) is 0.624. The minimum absolute atomic E-state index is 0.122. The molecular formula is C11H17ClN4O. The first-order valence-corrected chi connectivity index (χ1v) is 6.21. The van der Waals surface area contributed by atoms with E-state index < -0.39 is 0 Å². The lowest BCUT2D eigenvalue weighted by Crippen LogP contribution is -2.46. The second kappa shape index (κ2) is 5.62. The summed E-state index contributed by atoms with van der Waals surface area (Å²) in [5, 5.41) is 9.67. The highest BCUT2D eigenvalue weighted by molar-refractivity contribution is 6.30. The zero-order valence-corrected chi connectivity index (χ0v) is 10.7. The highest BCUT2D eigenvalue weighted by Crippen LogP contribution is 2.24. The van der Waals surface area contributed by atoms with Gasteiger partial charge in [-0.1, -0.05) is 18.5 Å². The van der Waals surface area contributed by atoms with Gasteiger partial charge >= 0.3 is 0 Å². The van der Waals surface area contributed by atoms with Crippen molar-refractivity contribution in [1.82, 2.24) is 14.9 Å². The van der Waals surface area contributed by atoms with Crippen LogP contribution in [0.2, 0.25) is 5.15 Å². The van der Waals surface area contributed by atoms with Gasteiger partial charge in [-0.2, -0.15) is 0 Å². The van der Waals surface area contributed by atoms with Gasteiger partial charge in [-0.3, -0.25) is 0 Å². The number of aliphatic hydroxyl groups excluding tert-OH is 1. The molecular weight excluding hydrogens is 240 g/mol. The Labute approximate surface area is 106 Å². The molecule has 0 amide bonds. The van der Waals surface area contributed by atoms with Crippen molar-refractivity contribution in [1.29, 1.82) is 0 Å². The van der Waals surface area contributed by atoms with E-state index in [4.69, 9.17) is 11.6 Å². The molecule has 0 atom stereocenters. The molecule has 2 heterocycles. The molecule has 94 valence electrons. The van der Waals surface area contributed by atoms with Crippen LogP contribution in [0.1, 0.15) is 12.5 Å². The zero-order chi connectivity index (χ0) is 12.3. The Kier molecular flexibility index (Phi) is 4.15. The average molecular weight is 257 g/mol. The Balaban J connectivity index is 2.15. The summed E-state index contributed by atoms with van der Waals surface area (Å²) >= 11 is 5.96. The highest BCUT2D eigenvalue weighted by atomic mass is 35.5. The SMILES string of the molecule is CCN1CCN(c2ncnc(Cl)c2CO)CC1. The maximum Gasteiger partial charge on any atom is 0.140 e. The largest absolute Gasteiger partial charge is 0.391 e. The van der Waals surface area contributed by atoms with Gasteiger partial charge in [0.25, 0.3) is 0 Å². The molecule has 6 heteroatoms. The molecule has 1 N–H and O–H groups in total. The molecule has 0 radical (unpaired) electrons. The van der Waals surface area contributed by atoms with E-state index in [-0.39, 0.29) is 6.61 Å². The van der Waals surface area contributed by atoms with Crippen LogP contribution in [-0.4, -0.2) is 52.7 Å². The van der Waals surface area contributed by atoms with E-state index in [0.29, 0.717) is 10.7 Å². The molecule has 1 aromatic rings. The van der Waals surface area contributed by atoms with Crippen molar-refractivity contribution >= 4 is 17.4 Å². The van der Waals surface area contributed by atoms with E-state index in [9.17, 15) is 5.11 Å². The van der Waals surface area contributed by atoms with E-state index in [2.05, 4.69) is 26.7 Å². The number of nitrogens with zero attached hydrogens (tertiary/aromatic N) is 4. The summed E-state index contributed by atoms with van der Waals surface area (Å²) in [5.74, 6) is 0.767. The normalized spacial score (nSPS) is 17.5. The molecule has 1 aromatic heterocycles. The minimum Gasteiger partial charge on any atom is -0.391 e. The third kappa shape index (κ3) is 2.68. The number of halogens is 1. The van der Waals surface area contributed by atoms with Crippen molar-refractivity contribution in [2.45, 2.75) is 13.5 Å². The number of hydrogen-bond acceptors (Lipinski definition) is 5. The molecule has 0 spiro atoms. The smallest absolute Gasteiger partial charge is 0.140 e. The molecule has 0 aromatic carbocycles. The summed E-state index contributed by atoms with van der Waals surface area (Å²) in [7, 11) is 0. The maximum atomic E-state index is 9.33. The van der Waals surface area contributed by atoms with Crippen LogP contribution in [0, 0.1) is 0 Å². The van der Waals surface area contributed by atoms with Crippen LogP contribution in [-0.2, 0) is 6.61 Å². The zero-order valence-electron chi connectivity index (χ0n) is 9.93. The molecule has 1 fully saturated rings. The lowest BCUT2D eigenvalue weighted by Gasteiger charge is -2.35. The van der Waals surface area contributed by atoms with Crippen molar-refractivity contribution in [2.75, 3.05) is 37.6 Å². The minimum atomic E-state index is -0.122. The Hall–Kier alpha value is -0.910. The second-order valence-corrected chi connectivity index (χ2v) is 4.40. The van der Waals surface area contributed by atoms with E-state index in [1.807, 2.05) is 0 Å². The topological polar surface area (TPSA) is 52.5 Å². The van der Waals surface area contributed by atoms with Gasteiger partial charge in [0.2, 0.25) is 0 Å². The van der Waals surface area contributed by atoms with Crippen molar-refractivity contribution < 1.29 is 5.11 Å². The van der Waals surface area contributed by atoms with E-state index in [1.54, 1.807) is 0 Å². The summed E-state index contributed by atoms with van der Waals surface area (Å²) in [6.45, 7) is 6.97. The van der Waals surface area contributed by atoms with E-state index in [1.165, 1.54) is 6.33 Å². The van der Waals surface area contributed by atoms with Gasteiger partial charge in [-0.15, -0.1) is 0 Å². The number of rotatable bonds is 3. The number of piperazine rings is 1. The van der Waals surface area contributed by atoms with Crippen LogP contribution < -0.4 is 4.90 Å². The first-order chi connectivity index (χ1) is 8.26. The lowest BCUT2D eigenvalue weighted by atomic mass is 10.2. The van der Waals surface area contributed by atoms with Gasteiger partial charge < -0.3 is 14.9 Å². The Morgan fingerprint density at radius 1 is 1.29 bits per heavy atom. The molecule has 17 heavy (non-hydrogen) atoms. The molecule has 2 rings (SSSR count). The summed E-state index contributed by atoms with van der Waals surface area (Å²) < 4.78 is 0. The van der Waals surface area contributed by atoms with Gasteiger partial charge in [0.1, 0.15) is 17.3 Å². The first kappa shape index (κ1) is 12.5. The molecule has 0 saturated carbocycles. The number of hydrogen-bond donors (Lipinski definition) is 1. The molecule has 0 aliphatic carbocycles. The van der Waals surface area contributed by atoms with E-state index >= 15 is 0 Å². The van der Waals surface area contributed by atoms with Gasteiger partial charge in [0, 0.05) is 26.2 Å². The van der Waals surface area contributed by atoms with Crippen LogP contribution >= 0.6 is 11.6 Å². The van der Waals surface area contributed by atoms with Crippen LogP contribution in [0.4, 0.5) is 5.82 Å². The molecule has 5 nitrogen and oxygen atoms in total. The van der Waals surface area contributed by atoms with Gasteiger partial charge in [-0.05, 0) is 6.54 Å². The van der Waals surface area contributed by atoms with Crippen LogP contribution in [0.15, 0.2) is 6.33 Å². The van der Waals surface area contributed by atoms with Gasteiger partial charge in [-0.25, -0.2) is 9.97 Å². The van der Waals surface area contributed by atoms with Crippen molar-refractivity contribution in [3.63, 3.8) is 0 Å². The monoisotopic (exact) mass is 256 g/mol. The fourth-order valence-corrected chi connectivity index (χ4v) is 2.25. The maximum absolute atomic E-state index is 9.33. The molecule has 1 saturated heterocycles. The van der Waals surface area contributed by atoms with Crippen molar-refractivity contribution in [2.24, 2.45) is 0 Å². The molecule has 1 aliphatic heterocycles. The molecule has 0 bridgehead atoms. The number of likely N-dealkylation sites (N-methyl/N-ethyl adjacent to an activating group) is 1. The standard InChI is InChI=1S/C11H17ClN4O/c1-2-15-3-5-16(6-4-15)11-9(7-17)10(12)13-8-14-11/h8,17H,2-7H2,1H3. The fourth-order valence-electron chi connectivity index (χ4n) is 2.07. The predicted molar refractivity (Wildman–Crippen MR) is 67.3 cm³/mol. The summed E-state index contributed by atoms with van der Waals surface area (Å²) in [6.07, 6.45) is 1.45. The molecule has 1 aliphatic rings. The Bertz CT molecular complexity index is 380. The third-order valence-corrected chi connectivity index (χ3v) is 3.47. The van der Waals surface area contributed by atoms with Crippen molar-refractivity contribution in [3.8, 4) is 0 Å². The van der Waals surface area contributed by atoms with Crippen LogP contribution in [0.25, 0.3) is 0 Å². The third-order valence-electron chi connectivity index (χ3n) is 3.15. The molecule has 0 unspecified atom stereocenters. The lowest BCUT2D eigenvalue weighted by molar-refractivity contribution is 0.266. The summed E-state index contributed by atoms with van der Waals surface area (Å²) in [4.78, 5) is 12.7. The quantitative estimate of drug-likeness (QED) is 0.810. The predicted octanol–water partition coefficient (Wildman–Crippen LogP) is 0.764. The Morgan fingerprint density at radius 3 is 2.59 bits per heavy atom. The number of aromatic nitrogens is 2. The van der Waals surface area contributed by atoms with Crippen LogP contribution in [0.5, 0.6) is 0 Å².